The summed E-state index contributed by atoms with van der Waals surface area (Å²) < 4.78 is 0. The molecule has 8 heteroatoms. The van der Waals surface area contributed by atoms with Gasteiger partial charge in [0.1, 0.15) is 6.04 Å². The number of hydrogen-bond donors (Lipinski definition) is 4. The normalized spacial score (nSPS) is 11.3. The molecule has 1 rings (SSSR count). The van der Waals surface area contributed by atoms with Crippen LogP contribution < -0.4 is 16.4 Å². The van der Waals surface area contributed by atoms with Crippen molar-refractivity contribution in [2.24, 2.45) is 5.73 Å². The Morgan fingerprint density at radius 1 is 1.23 bits per heavy atom. The highest BCUT2D eigenvalue weighted by Gasteiger charge is 2.21. The third-order valence-electron chi connectivity index (χ3n) is 2.78. The highest BCUT2D eigenvalue weighted by molar-refractivity contribution is 6.04. The second-order valence-corrected chi connectivity index (χ2v) is 4.59. The topological polar surface area (TPSA) is 139 Å². The van der Waals surface area contributed by atoms with Crippen LogP contribution in [0.25, 0.3) is 0 Å². The van der Waals surface area contributed by atoms with Gasteiger partial charge >= 0.3 is 5.97 Å². The zero-order chi connectivity index (χ0) is 16.7. The highest BCUT2D eigenvalue weighted by Crippen LogP contribution is 2.15. The summed E-state index contributed by atoms with van der Waals surface area (Å²) in [5, 5.41) is 13.5. The first-order valence-electron chi connectivity index (χ1n) is 6.50. The van der Waals surface area contributed by atoms with Crippen molar-refractivity contribution >= 4 is 29.4 Å². The summed E-state index contributed by atoms with van der Waals surface area (Å²) in [5.74, 6) is -2.90. The van der Waals surface area contributed by atoms with Crippen LogP contribution in [0.2, 0.25) is 0 Å². The van der Waals surface area contributed by atoms with E-state index >= 15 is 0 Å². The van der Waals surface area contributed by atoms with Crippen LogP contribution in [-0.2, 0) is 14.4 Å². The molecule has 0 heterocycles. The molecule has 1 aromatic rings. The zero-order valence-electron chi connectivity index (χ0n) is 12.0. The minimum Gasteiger partial charge on any atom is -0.481 e. The molecule has 1 aromatic carbocycles. The van der Waals surface area contributed by atoms with Gasteiger partial charge in [0.2, 0.25) is 11.8 Å². The second-order valence-electron chi connectivity index (χ2n) is 4.59. The molecule has 0 aliphatic heterocycles. The number of nitrogens with two attached hydrogens (primary N) is 1. The van der Waals surface area contributed by atoms with Crippen LogP contribution in [0.4, 0.5) is 5.69 Å². The van der Waals surface area contributed by atoms with Gasteiger partial charge in [0.15, 0.2) is 0 Å². The Balaban J connectivity index is 2.88. The maximum absolute atomic E-state index is 12.2. The third kappa shape index (κ3) is 5.23. The van der Waals surface area contributed by atoms with E-state index in [-0.39, 0.29) is 30.0 Å². The molecule has 0 unspecified atom stereocenters. The monoisotopic (exact) mass is 307 g/mol. The van der Waals surface area contributed by atoms with E-state index in [0.29, 0.717) is 0 Å². The van der Waals surface area contributed by atoms with E-state index in [1.807, 2.05) is 0 Å². The first-order chi connectivity index (χ1) is 10.3. The van der Waals surface area contributed by atoms with E-state index in [4.69, 9.17) is 10.8 Å². The number of rotatable bonds is 7. The number of para-hydroxylation sites is 1. The Morgan fingerprint density at radius 3 is 2.41 bits per heavy atom. The minimum absolute atomic E-state index is 0.112. The van der Waals surface area contributed by atoms with Crippen molar-refractivity contribution in [2.45, 2.75) is 25.8 Å². The van der Waals surface area contributed by atoms with Crippen LogP contribution in [0, 0.1) is 0 Å². The Morgan fingerprint density at radius 2 is 1.86 bits per heavy atom. The molecule has 0 saturated carbocycles. The molecule has 1 atom stereocenters. The fraction of sp³-hybridized carbons (Fsp3) is 0.286. The number of nitrogens with one attached hydrogen (secondary N) is 2. The average molecular weight is 307 g/mol. The molecule has 0 aromatic heterocycles. The maximum atomic E-state index is 12.2. The van der Waals surface area contributed by atoms with E-state index in [0.717, 1.165) is 0 Å². The molecular weight excluding hydrogens is 290 g/mol. The molecule has 0 spiro atoms. The van der Waals surface area contributed by atoms with E-state index in [2.05, 4.69) is 10.6 Å². The Hall–Kier alpha value is -2.90. The van der Waals surface area contributed by atoms with Gasteiger partial charge in [-0.15, -0.1) is 0 Å². The van der Waals surface area contributed by atoms with Gasteiger partial charge in [0.05, 0.1) is 11.3 Å². The summed E-state index contributed by atoms with van der Waals surface area (Å²) in [6, 6.07) is 5.13. The molecule has 8 nitrogen and oxygen atoms in total. The Kier molecular flexibility index (Phi) is 6.06. The first-order valence-corrected chi connectivity index (χ1v) is 6.50. The molecule has 0 bridgehead atoms. The number of primary amides is 1. The summed E-state index contributed by atoms with van der Waals surface area (Å²) >= 11 is 0. The van der Waals surface area contributed by atoms with Crippen molar-refractivity contribution in [3.05, 3.63) is 29.8 Å². The van der Waals surface area contributed by atoms with Gasteiger partial charge < -0.3 is 21.5 Å². The quantitative estimate of drug-likeness (QED) is 0.565. The molecule has 0 saturated heterocycles. The molecule has 118 valence electrons. The molecule has 0 aliphatic carbocycles. The first kappa shape index (κ1) is 17.2. The summed E-state index contributed by atoms with van der Waals surface area (Å²) in [6.07, 6.45) is -0.417. The molecule has 0 fully saturated rings. The van der Waals surface area contributed by atoms with Crippen LogP contribution in [0.15, 0.2) is 24.3 Å². The smallest absolute Gasteiger partial charge is 0.303 e. The van der Waals surface area contributed by atoms with Gasteiger partial charge in [0, 0.05) is 13.3 Å². The SMILES string of the molecule is CC(=O)Nc1ccccc1C(=O)N[C@@H](CCC(=O)O)C(N)=O. The highest BCUT2D eigenvalue weighted by atomic mass is 16.4. The predicted molar refractivity (Wildman–Crippen MR) is 78.1 cm³/mol. The summed E-state index contributed by atoms with van der Waals surface area (Å²) in [4.78, 5) is 45.1. The number of benzene rings is 1. The number of carboxylic acid groups (broad SMARTS) is 1. The van der Waals surface area contributed by atoms with Crippen LogP contribution in [0.3, 0.4) is 0 Å². The number of carboxylic acids is 1. The summed E-state index contributed by atoms with van der Waals surface area (Å²) in [6.45, 7) is 1.30. The maximum Gasteiger partial charge on any atom is 0.303 e. The van der Waals surface area contributed by atoms with Crippen molar-refractivity contribution in [3.8, 4) is 0 Å². The zero-order valence-corrected chi connectivity index (χ0v) is 12.0. The van der Waals surface area contributed by atoms with E-state index in [1.54, 1.807) is 12.1 Å². The lowest BCUT2D eigenvalue weighted by Gasteiger charge is -2.16. The van der Waals surface area contributed by atoms with Gasteiger partial charge in [-0.2, -0.15) is 0 Å². The van der Waals surface area contributed by atoms with E-state index in [9.17, 15) is 19.2 Å². The van der Waals surface area contributed by atoms with Crippen LogP contribution in [0.5, 0.6) is 0 Å². The third-order valence-corrected chi connectivity index (χ3v) is 2.78. The van der Waals surface area contributed by atoms with Gasteiger partial charge in [-0.25, -0.2) is 0 Å². The van der Waals surface area contributed by atoms with Gasteiger partial charge in [0.25, 0.3) is 5.91 Å². The van der Waals surface area contributed by atoms with Crippen molar-refractivity contribution in [1.82, 2.24) is 5.32 Å². The lowest BCUT2D eigenvalue weighted by atomic mass is 10.1. The fourth-order valence-corrected chi connectivity index (χ4v) is 1.77. The number of carbonyl (C=O) groups excluding carboxylic acids is 3. The van der Waals surface area contributed by atoms with Crippen molar-refractivity contribution in [3.63, 3.8) is 0 Å². The number of carbonyl (C=O) groups is 4. The number of anilines is 1. The predicted octanol–water partition coefficient (Wildman–Crippen LogP) is 0.0935. The van der Waals surface area contributed by atoms with Crippen molar-refractivity contribution in [1.29, 1.82) is 0 Å². The van der Waals surface area contributed by atoms with Crippen molar-refractivity contribution in [2.75, 3.05) is 5.32 Å². The average Bonchev–Trinajstić information content (AvgIpc) is 2.42. The molecule has 22 heavy (non-hydrogen) atoms. The number of aliphatic carboxylic acids is 1. The van der Waals surface area contributed by atoms with Gasteiger partial charge in [-0.1, -0.05) is 12.1 Å². The van der Waals surface area contributed by atoms with E-state index in [1.165, 1.54) is 19.1 Å². The summed E-state index contributed by atoms with van der Waals surface area (Å²) in [5.41, 5.74) is 5.59. The second kappa shape index (κ2) is 7.77. The summed E-state index contributed by atoms with van der Waals surface area (Å²) in [7, 11) is 0. The standard InChI is InChI=1S/C14H17N3O5/c1-8(18)16-10-5-3-2-4-9(10)14(22)17-11(13(15)21)6-7-12(19)20/h2-5,11H,6-7H2,1H3,(H2,15,21)(H,16,18)(H,17,22)(H,19,20)/t11-/m0/s1. The minimum atomic E-state index is -1.10. The number of hydrogen-bond acceptors (Lipinski definition) is 4. The molecule has 0 aliphatic rings. The molecule has 0 radical (unpaired) electrons. The van der Waals surface area contributed by atoms with Gasteiger partial charge in [-0.05, 0) is 18.6 Å². The fourth-order valence-electron chi connectivity index (χ4n) is 1.77. The Bertz CT molecular complexity index is 600. The lowest BCUT2D eigenvalue weighted by molar-refractivity contribution is -0.137. The van der Waals surface area contributed by atoms with E-state index < -0.39 is 23.8 Å². The van der Waals surface area contributed by atoms with Crippen LogP contribution in [0.1, 0.15) is 30.1 Å². The molecule has 5 N–H and O–H groups in total. The van der Waals surface area contributed by atoms with Crippen molar-refractivity contribution < 1.29 is 24.3 Å². The van der Waals surface area contributed by atoms with Gasteiger partial charge in [-0.3, -0.25) is 19.2 Å². The van der Waals surface area contributed by atoms with Crippen LogP contribution >= 0.6 is 0 Å². The Labute approximate surface area is 126 Å². The molecular formula is C14H17N3O5. The van der Waals surface area contributed by atoms with Crippen LogP contribution in [-0.4, -0.2) is 34.8 Å². The number of amides is 3. The lowest BCUT2D eigenvalue weighted by Crippen LogP contribution is -2.44. The largest absolute Gasteiger partial charge is 0.481 e. The molecule has 3 amide bonds.